The molecule has 8 heteroatoms. The van der Waals surface area contributed by atoms with Crippen LogP contribution in [-0.4, -0.2) is 31.0 Å². The highest BCUT2D eigenvalue weighted by molar-refractivity contribution is 7.91. The van der Waals surface area contributed by atoms with E-state index in [1.54, 1.807) is 18.2 Å². The maximum Gasteiger partial charge on any atom is 0.231 e. The van der Waals surface area contributed by atoms with Gasteiger partial charge in [-0.2, -0.15) is 0 Å². The molecule has 2 aromatic rings. The summed E-state index contributed by atoms with van der Waals surface area (Å²) < 4.78 is 41.4. The SMILES string of the molecule is O=C(CC1CCS(=O)(=O)C1)Nc1cc(-c2ccccc2F)no1. The molecule has 0 spiro atoms. The molecule has 2 heterocycles. The van der Waals surface area contributed by atoms with Crippen LogP contribution in [-0.2, 0) is 14.6 Å². The summed E-state index contributed by atoms with van der Waals surface area (Å²) in [5, 5.41) is 6.25. The number of rotatable bonds is 4. The molecule has 1 aliphatic rings. The van der Waals surface area contributed by atoms with Crippen molar-refractivity contribution in [2.24, 2.45) is 5.92 Å². The Kier molecular flexibility index (Phi) is 4.16. The van der Waals surface area contributed by atoms with Gasteiger partial charge in [-0.25, -0.2) is 12.8 Å². The van der Waals surface area contributed by atoms with Crippen LogP contribution in [0.4, 0.5) is 10.3 Å². The molecule has 1 fully saturated rings. The van der Waals surface area contributed by atoms with E-state index in [2.05, 4.69) is 10.5 Å². The summed E-state index contributed by atoms with van der Waals surface area (Å²) in [5.41, 5.74) is 0.556. The Morgan fingerprint density at radius 2 is 2.17 bits per heavy atom. The third-order valence-corrected chi connectivity index (χ3v) is 5.56. The quantitative estimate of drug-likeness (QED) is 0.923. The molecule has 0 saturated carbocycles. The van der Waals surface area contributed by atoms with Gasteiger partial charge in [0.15, 0.2) is 9.84 Å². The molecule has 1 saturated heterocycles. The van der Waals surface area contributed by atoms with Gasteiger partial charge < -0.3 is 4.52 Å². The molecule has 122 valence electrons. The van der Waals surface area contributed by atoms with Gasteiger partial charge in [-0.05, 0) is 24.5 Å². The van der Waals surface area contributed by atoms with E-state index in [1.165, 1.54) is 12.1 Å². The van der Waals surface area contributed by atoms with Gasteiger partial charge in [0.2, 0.25) is 11.8 Å². The maximum atomic E-state index is 13.7. The van der Waals surface area contributed by atoms with Crippen molar-refractivity contribution < 1.29 is 22.1 Å². The molecular weight excluding hydrogens is 323 g/mol. The first-order valence-electron chi connectivity index (χ1n) is 7.15. The van der Waals surface area contributed by atoms with Crippen LogP contribution in [0.5, 0.6) is 0 Å². The zero-order valence-electron chi connectivity index (χ0n) is 12.2. The zero-order valence-corrected chi connectivity index (χ0v) is 13.0. The molecule has 0 bridgehead atoms. The molecule has 1 aromatic heterocycles. The Hall–Kier alpha value is -2.22. The number of halogens is 1. The van der Waals surface area contributed by atoms with Crippen molar-refractivity contribution >= 4 is 21.6 Å². The average Bonchev–Trinajstić information content (AvgIpc) is 3.06. The lowest BCUT2D eigenvalue weighted by atomic mass is 10.1. The van der Waals surface area contributed by atoms with Gasteiger partial charge in [0, 0.05) is 18.1 Å². The van der Waals surface area contributed by atoms with Crippen molar-refractivity contribution in [3.63, 3.8) is 0 Å². The minimum atomic E-state index is -3.01. The number of aromatic nitrogens is 1. The van der Waals surface area contributed by atoms with Crippen LogP contribution in [0.25, 0.3) is 11.3 Å². The van der Waals surface area contributed by atoms with Crippen LogP contribution < -0.4 is 5.32 Å². The lowest BCUT2D eigenvalue weighted by molar-refractivity contribution is -0.117. The topological polar surface area (TPSA) is 89.3 Å². The van der Waals surface area contributed by atoms with E-state index in [4.69, 9.17) is 4.52 Å². The number of hydrogen-bond acceptors (Lipinski definition) is 5. The van der Waals surface area contributed by atoms with Gasteiger partial charge in [0.1, 0.15) is 11.5 Å². The predicted molar refractivity (Wildman–Crippen MR) is 81.9 cm³/mol. The molecule has 1 aromatic carbocycles. The van der Waals surface area contributed by atoms with E-state index in [9.17, 15) is 17.6 Å². The standard InChI is InChI=1S/C15H15FN2O4S/c16-12-4-2-1-3-11(12)13-8-15(22-18-13)17-14(19)7-10-5-6-23(20,21)9-10/h1-4,8,10H,5-7,9H2,(H,17,19). The predicted octanol–water partition coefficient (Wildman–Crippen LogP) is 2.24. The highest BCUT2D eigenvalue weighted by Crippen LogP contribution is 2.25. The smallest absolute Gasteiger partial charge is 0.231 e. The Labute approximate surface area is 132 Å². The highest BCUT2D eigenvalue weighted by Gasteiger charge is 2.29. The van der Waals surface area contributed by atoms with E-state index < -0.39 is 15.7 Å². The summed E-state index contributed by atoms with van der Waals surface area (Å²) in [6.45, 7) is 0. The number of anilines is 1. The largest absolute Gasteiger partial charge is 0.338 e. The average molecular weight is 338 g/mol. The van der Waals surface area contributed by atoms with E-state index in [-0.39, 0.29) is 46.9 Å². The number of benzene rings is 1. The van der Waals surface area contributed by atoms with Gasteiger partial charge in [0.05, 0.1) is 11.5 Å². The molecule has 0 aliphatic carbocycles. The summed E-state index contributed by atoms with van der Waals surface area (Å²) in [7, 11) is -3.01. The Bertz CT molecular complexity index is 832. The zero-order chi connectivity index (χ0) is 16.4. The maximum absolute atomic E-state index is 13.7. The Balaban J connectivity index is 1.63. The summed E-state index contributed by atoms with van der Waals surface area (Å²) >= 11 is 0. The molecule has 3 rings (SSSR count). The summed E-state index contributed by atoms with van der Waals surface area (Å²) in [6, 6.07) is 7.54. The molecule has 1 aliphatic heterocycles. The first kappa shape index (κ1) is 15.7. The van der Waals surface area contributed by atoms with Gasteiger partial charge in [-0.1, -0.05) is 17.3 Å². The number of nitrogens with one attached hydrogen (secondary N) is 1. The minimum absolute atomic E-state index is 0.0390. The van der Waals surface area contributed by atoms with Crippen molar-refractivity contribution in [2.75, 3.05) is 16.8 Å². The fourth-order valence-electron chi connectivity index (χ4n) is 2.61. The minimum Gasteiger partial charge on any atom is -0.338 e. The van der Waals surface area contributed by atoms with Crippen molar-refractivity contribution in [2.45, 2.75) is 12.8 Å². The lowest BCUT2D eigenvalue weighted by Crippen LogP contribution is -2.17. The first-order chi connectivity index (χ1) is 10.9. The summed E-state index contributed by atoms with van der Waals surface area (Å²) in [6.07, 6.45) is 0.599. The third kappa shape index (κ3) is 3.76. The molecule has 0 radical (unpaired) electrons. The molecule has 1 unspecified atom stereocenters. The number of carbonyl (C=O) groups excluding carboxylic acids is 1. The third-order valence-electron chi connectivity index (χ3n) is 3.72. The molecule has 1 amide bonds. The van der Waals surface area contributed by atoms with Crippen LogP contribution in [0.3, 0.4) is 0 Å². The fraction of sp³-hybridized carbons (Fsp3) is 0.333. The molecule has 1 atom stereocenters. The Morgan fingerprint density at radius 3 is 2.87 bits per heavy atom. The normalized spacial score (nSPS) is 19.6. The van der Waals surface area contributed by atoms with E-state index in [0.717, 1.165) is 0 Å². The van der Waals surface area contributed by atoms with Crippen LogP contribution in [0.1, 0.15) is 12.8 Å². The lowest BCUT2D eigenvalue weighted by Gasteiger charge is -2.05. The van der Waals surface area contributed by atoms with Crippen LogP contribution in [0.2, 0.25) is 0 Å². The second kappa shape index (κ2) is 6.11. The van der Waals surface area contributed by atoms with Crippen molar-refractivity contribution in [3.8, 4) is 11.3 Å². The molecule has 6 nitrogen and oxygen atoms in total. The number of nitrogens with zero attached hydrogens (tertiary/aromatic N) is 1. The fourth-order valence-corrected chi connectivity index (χ4v) is 4.48. The van der Waals surface area contributed by atoms with Gasteiger partial charge >= 0.3 is 0 Å². The number of hydrogen-bond donors (Lipinski definition) is 1. The van der Waals surface area contributed by atoms with Crippen molar-refractivity contribution in [3.05, 3.63) is 36.1 Å². The second-order valence-electron chi connectivity index (χ2n) is 5.58. The van der Waals surface area contributed by atoms with Crippen LogP contribution in [0.15, 0.2) is 34.9 Å². The van der Waals surface area contributed by atoms with Gasteiger partial charge in [-0.3, -0.25) is 10.1 Å². The van der Waals surface area contributed by atoms with E-state index in [0.29, 0.717) is 6.42 Å². The highest BCUT2D eigenvalue weighted by atomic mass is 32.2. The van der Waals surface area contributed by atoms with E-state index in [1.807, 2.05) is 0 Å². The van der Waals surface area contributed by atoms with Gasteiger partial charge in [-0.15, -0.1) is 0 Å². The molecule has 23 heavy (non-hydrogen) atoms. The Morgan fingerprint density at radius 1 is 1.39 bits per heavy atom. The van der Waals surface area contributed by atoms with Crippen LogP contribution in [0, 0.1) is 11.7 Å². The van der Waals surface area contributed by atoms with Crippen molar-refractivity contribution in [1.82, 2.24) is 5.16 Å². The second-order valence-corrected chi connectivity index (χ2v) is 7.81. The van der Waals surface area contributed by atoms with Crippen molar-refractivity contribution in [1.29, 1.82) is 0 Å². The van der Waals surface area contributed by atoms with Crippen LogP contribution >= 0.6 is 0 Å². The van der Waals surface area contributed by atoms with Gasteiger partial charge in [0.25, 0.3) is 0 Å². The number of amides is 1. The molecule has 1 N–H and O–H groups in total. The van der Waals surface area contributed by atoms with E-state index >= 15 is 0 Å². The summed E-state index contributed by atoms with van der Waals surface area (Å²) in [4.78, 5) is 11.9. The number of carbonyl (C=O) groups is 1. The monoisotopic (exact) mass is 338 g/mol. The first-order valence-corrected chi connectivity index (χ1v) is 8.97. The summed E-state index contributed by atoms with van der Waals surface area (Å²) in [5.74, 6) is -0.677. The molecular formula is C15H15FN2O4S. The number of sulfone groups is 1.